The van der Waals surface area contributed by atoms with Crippen molar-refractivity contribution in [1.29, 1.82) is 0 Å². The standard InChI is InChI=1S/C16H21NO4/c18-15(17-14-2-1-10-21-11-9-14)8-5-12-3-6-13(7-4-12)16(19)20/h3-4,6-7,14H,1-2,5,8-11H2,(H,17,18)(H,19,20). The molecule has 1 unspecified atom stereocenters. The van der Waals surface area contributed by atoms with E-state index in [0.717, 1.165) is 31.4 Å². The molecule has 0 saturated carbocycles. The molecule has 0 aliphatic carbocycles. The third kappa shape index (κ3) is 5.19. The molecule has 5 nitrogen and oxygen atoms in total. The molecular formula is C16H21NO4. The zero-order chi connectivity index (χ0) is 15.1. The van der Waals surface area contributed by atoms with Crippen LogP contribution in [0.15, 0.2) is 24.3 Å². The summed E-state index contributed by atoms with van der Waals surface area (Å²) in [6.07, 6.45) is 3.87. The number of nitrogens with one attached hydrogen (secondary N) is 1. The van der Waals surface area contributed by atoms with Gasteiger partial charge in [0.2, 0.25) is 5.91 Å². The lowest BCUT2D eigenvalue weighted by atomic mass is 10.1. The van der Waals surface area contributed by atoms with Gasteiger partial charge in [-0.25, -0.2) is 4.79 Å². The monoisotopic (exact) mass is 291 g/mol. The molecule has 0 aromatic heterocycles. The topological polar surface area (TPSA) is 75.6 Å². The van der Waals surface area contributed by atoms with Gasteiger partial charge in [0, 0.05) is 25.7 Å². The SMILES string of the molecule is O=C(CCc1ccc(C(=O)O)cc1)NC1CCCOCC1. The first kappa shape index (κ1) is 15.5. The Balaban J connectivity index is 1.76. The van der Waals surface area contributed by atoms with Crippen LogP contribution in [0.3, 0.4) is 0 Å². The first-order valence-electron chi connectivity index (χ1n) is 7.34. The average molecular weight is 291 g/mol. The fraction of sp³-hybridized carbons (Fsp3) is 0.500. The molecule has 1 aliphatic heterocycles. The van der Waals surface area contributed by atoms with Crippen molar-refractivity contribution >= 4 is 11.9 Å². The van der Waals surface area contributed by atoms with Crippen molar-refractivity contribution < 1.29 is 19.4 Å². The van der Waals surface area contributed by atoms with Gasteiger partial charge < -0.3 is 15.2 Å². The molecule has 1 amide bonds. The molecule has 1 aromatic rings. The Hall–Kier alpha value is -1.88. The van der Waals surface area contributed by atoms with Gasteiger partial charge in [-0.3, -0.25) is 4.79 Å². The van der Waals surface area contributed by atoms with Crippen molar-refractivity contribution in [3.05, 3.63) is 35.4 Å². The molecule has 0 bridgehead atoms. The second-order valence-corrected chi connectivity index (χ2v) is 5.31. The van der Waals surface area contributed by atoms with Crippen LogP contribution in [0.25, 0.3) is 0 Å². The van der Waals surface area contributed by atoms with E-state index in [1.165, 1.54) is 0 Å². The van der Waals surface area contributed by atoms with E-state index in [4.69, 9.17) is 9.84 Å². The van der Waals surface area contributed by atoms with E-state index in [1.807, 2.05) is 0 Å². The number of hydrogen-bond acceptors (Lipinski definition) is 3. The molecule has 5 heteroatoms. The first-order valence-corrected chi connectivity index (χ1v) is 7.34. The highest BCUT2D eigenvalue weighted by molar-refractivity contribution is 5.87. The summed E-state index contributed by atoms with van der Waals surface area (Å²) in [6, 6.07) is 6.87. The van der Waals surface area contributed by atoms with Gasteiger partial charge in [0.1, 0.15) is 0 Å². The van der Waals surface area contributed by atoms with Gasteiger partial charge in [-0.2, -0.15) is 0 Å². The third-order valence-corrected chi connectivity index (χ3v) is 3.66. The molecule has 1 atom stereocenters. The Kier molecular flexibility index (Phi) is 5.75. The van der Waals surface area contributed by atoms with E-state index in [-0.39, 0.29) is 17.5 Å². The minimum atomic E-state index is -0.935. The van der Waals surface area contributed by atoms with Gasteiger partial charge in [0.25, 0.3) is 0 Å². The Morgan fingerprint density at radius 2 is 1.95 bits per heavy atom. The number of aromatic carboxylic acids is 1. The lowest BCUT2D eigenvalue weighted by molar-refractivity contribution is -0.121. The molecule has 1 aromatic carbocycles. The highest BCUT2D eigenvalue weighted by Gasteiger charge is 2.14. The maximum atomic E-state index is 11.9. The van der Waals surface area contributed by atoms with E-state index in [0.29, 0.717) is 19.4 Å². The molecule has 0 radical (unpaired) electrons. The maximum absolute atomic E-state index is 11.9. The van der Waals surface area contributed by atoms with Crippen LogP contribution in [-0.2, 0) is 16.0 Å². The average Bonchev–Trinajstić information content (AvgIpc) is 2.74. The largest absolute Gasteiger partial charge is 0.478 e. The van der Waals surface area contributed by atoms with Crippen LogP contribution >= 0.6 is 0 Å². The van der Waals surface area contributed by atoms with Crippen molar-refractivity contribution in [2.24, 2.45) is 0 Å². The molecule has 1 heterocycles. The zero-order valence-corrected chi connectivity index (χ0v) is 12.0. The molecule has 2 rings (SSSR count). The minimum Gasteiger partial charge on any atom is -0.478 e. The molecular weight excluding hydrogens is 270 g/mol. The number of aryl methyl sites for hydroxylation is 1. The van der Waals surface area contributed by atoms with Gasteiger partial charge in [-0.05, 0) is 43.4 Å². The molecule has 21 heavy (non-hydrogen) atoms. The second kappa shape index (κ2) is 7.78. The van der Waals surface area contributed by atoms with Crippen LogP contribution in [0.4, 0.5) is 0 Å². The van der Waals surface area contributed by atoms with Crippen molar-refractivity contribution in [3.63, 3.8) is 0 Å². The summed E-state index contributed by atoms with van der Waals surface area (Å²) < 4.78 is 5.37. The fourth-order valence-corrected chi connectivity index (χ4v) is 2.42. The fourth-order valence-electron chi connectivity index (χ4n) is 2.42. The molecule has 1 fully saturated rings. The summed E-state index contributed by atoms with van der Waals surface area (Å²) in [6.45, 7) is 1.49. The van der Waals surface area contributed by atoms with Crippen molar-refractivity contribution in [1.82, 2.24) is 5.32 Å². The smallest absolute Gasteiger partial charge is 0.335 e. The molecule has 2 N–H and O–H groups in total. The van der Waals surface area contributed by atoms with E-state index < -0.39 is 5.97 Å². The van der Waals surface area contributed by atoms with Crippen LogP contribution in [0, 0.1) is 0 Å². The number of benzene rings is 1. The lowest BCUT2D eigenvalue weighted by Gasteiger charge is -2.15. The number of rotatable bonds is 5. The van der Waals surface area contributed by atoms with Crippen molar-refractivity contribution in [2.75, 3.05) is 13.2 Å². The summed E-state index contributed by atoms with van der Waals surface area (Å²) in [4.78, 5) is 22.7. The summed E-state index contributed by atoms with van der Waals surface area (Å²) in [5.41, 5.74) is 1.24. The van der Waals surface area contributed by atoms with Gasteiger partial charge in [0.05, 0.1) is 5.56 Å². The van der Waals surface area contributed by atoms with E-state index in [2.05, 4.69) is 5.32 Å². The summed E-state index contributed by atoms with van der Waals surface area (Å²) in [5, 5.41) is 11.9. The van der Waals surface area contributed by atoms with E-state index >= 15 is 0 Å². The number of carbonyl (C=O) groups excluding carboxylic acids is 1. The normalized spacial score (nSPS) is 18.8. The summed E-state index contributed by atoms with van der Waals surface area (Å²) >= 11 is 0. The Labute approximate surface area is 124 Å². The number of amides is 1. The van der Waals surface area contributed by atoms with Crippen molar-refractivity contribution in [2.45, 2.75) is 38.1 Å². The molecule has 1 saturated heterocycles. The minimum absolute atomic E-state index is 0.0456. The Bertz CT molecular complexity index is 476. The summed E-state index contributed by atoms with van der Waals surface area (Å²) in [5.74, 6) is -0.890. The Morgan fingerprint density at radius 3 is 2.67 bits per heavy atom. The number of carboxylic acid groups (broad SMARTS) is 1. The lowest BCUT2D eigenvalue weighted by Crippen LogP contribution is -2.35. The molecule has 0 spiro atoms. The first-order chi connectivity index (χ1) is 10.1. The number of hydrogen-bond donors (Lipinski definition) is 2. The van der Waals surface area contributed by atoms with Crippen LogP contribution in [-0.4, -0.2) is 36.2 Å². The van der Waals surface area contributed by atoms with E-state index in [1.54, 1.807) is 24.3 Å². The number of carbonyl (C=O) groups is 2. The Morgan fingerprint density at radius 1 is 1.19 bits per heavy atom. The number of carboxylic acids is 1. The third-order valence-electron chi connectivity index (χ3n) is 3.66. The van der Waals surface area contributed by atoms with Crippen LogP contribution < -0.4 is 5.32 Å². The van der Waals surface area contributed by atoms with Crippen LogP contribution in [0.2, 0.25) is 0 Å². The maximum Gasteiger partial charge on any atom is 0.335 e. The summed E-state index contributed by atoms with van der Waals surface area (Å²) in [7, 11) is 0. The van der Waals surface area contributed by atoms with Crippen LogP contribution in [0.1, 0.15) is 41.6 Å². The zero-order valence-electron chi connectivity index (χ0n) is 12.0. The van der Waals surface area contributed by atoms with Gasteiger partial charge in [-0.1, -0.05) is 12.1 Å². The predicted octanol–water partition coefficient (Wildman–Crippen LogP) is 2.00. The van der Waals surface area contributed by atoms with Crippen molar-refractivity contribution in [3.8, 4) is 0 Å². The highest BCUT2D eigenvalue weighted by Crippen LogP contribution is 2.10. The molecule has 114 valence electrons. The number of ether oxygens (including phenoxy) is 1. The van der Waals surface area contributed by atoms with Gasteiger partial charge >= 0.3 is 5.97 Å². The molecule has 1 aliphatic rings. The van der Waals surface area contributed by atoms with Gasteiger partial charge in [0.15, 0.2) is 0 Å². The van der Waals surface area contributed by atoms with E-state index in [9.17, 15) is 9.59 Å². The van der Waals surface area contributed by atoms with Crippen LogP contribution in [0.5, 0.6) is 0 Å². The predicted molar refractivity (Wildman–Crippen MR) is 78.3 cm³/mol. The second-order valence-electron chi connectivity index (χ2n) is 5.31. The highest BCUT2D eigenvalue weighted by atomic mass is 16.5. The van der Waals surface area contributed by atoms with Gasteiger partial charge in [-0.15, -0.1) is 0 Å². The quantitative estimate of drug-likeness (QED) is 0.870.